The molecule has 0 aliphatic heterocycles. The number of fused-ring (bicyclic) bond motifs is 1. The van der Waals surface area contributed by atoms with Gasteiger partial charge in [0.2, 0.25) is 0 Å². The third-order valence-electron chi connectivity index (χ3n) is 2.85. The van der Waals surface area contributed by atoms with E-state index in [4.69, 9.17) is 4.55 Å². The SMILES string of the molecule is CN(C)c1cccc2c(S(=O)(=O)NS(=O)(=O)O)cccc12. The molecule has 0 saturated carbocycles. The van der Waals surface area contributed by atoms with Crippen LogP contribution in [0, 0.1) is 0 Å². The van der Waals surface area contributed by atoms with Gasteiger partial charge in [0.05, 0.1) is 4.90 Å². The van der Waals surface area contributed by atoms with Crippen LogP contribution >= 0.6 is 0 Å². The maximum Gasteiger partial charge on any atom is 0.346 e. The van der Waals surface area contributed by atoms with Crippen LogP contribution in [0.4, 0.5) is 5.69 Å². The second-order valence-electron chi connectivity index (χ2n) is 4.58. The number of rotatable bonds is 4. The minimum atomic E-state index is -4.87. The Hall–Kier alpha value is -1.68. The van der Waals surface area contributed by atoms with Crippen molar-refractivity contribution < 1.29 is 21.4 Å². The maximum absolute atomic E-state index is 12.1. The second-order valence-corrected chi connectivity index (χ2v) is 7.65. The van der Waals surface area contributed by atoms with E-state index in [1.54, 1.807) is 18.2 Å². The fourth-order valence-electron chi connectivity index (χ4n) is 2.07. The predicted molar refractivity (Wildman–Crippen MR) is 80.1 cm³/mol. The zero-order valence-electron chi connectivity index (χ0n) is 11.3. The largest absolute Gasteiger partial charge is 0.377 e. The van der Waals surface area contributed by atoms with Crippen molar-refractivity contribution in [2.45, 2.75) is 4.90 Å². The van der Waals surface area contributed by atoms with Crippen molar-refractivity contribution in [3.05, 3.63) is 36.4 Å². The van der Waals surface area contributed by atoms with Gasteiger partial charge in [-0.3, -0.25) is 4.55 Å². The van der Waals surface area contributed by atoms with Crippen molar-refractivity contribution in [3.8, 4) is 0 Å². The van der Waals surface area contributed by atoms with Crippen molar-refractivity contribution in [2.75, 3.05) is 19.0 Å². The lowest BCUT2D eigenvalue weighted by Crippen LogP contribution is -2.30. The molecule has 2 rings (SSSR count). The first-order valence-corrected chi connectivity index (χ1v) is 8.74. The molecule has 0 atom stereocenters. The number of hydrogen-bond donors (Lipinski definition) is 2. The summed E-state index contributed by atoms with van der Waals surface area (Å²) < 4.78 is 55.7. The highest BCUT2D eigenvalue weighted by Crippen LogP contribution is 2.30. The summed E-state index contributed by atoms with van der Waals surface area (Å²) in [5, 5.41) is 1.01. The summed E-state index contributed by atoms with van der Waals surface area (Å²) in [6.07, 6.45) is 0. The summed E-state index contributed by atoms with van der Waals surface area (Å²) >= 11 is 0. The Balaban J connectivity index is 2.75. The van der Waals surface area contributed by atoms with E-state index < -0.39 is 20.3 Å². The van der Waals surface area contributed by atoms with Crippen LogP contribution in [0.25, 0.3) is 10.8 Å². The van der Waals surface area contributed by atoms with Crippen LogP contribution in [0.15, 0.2) is 41.3 Å². The second kappa shape index (κ2) is 5.26. The van der Waals surface area contributed by atoms with Gasteiger partial charge >= 0.3 is 10.3 Å². The van der Waals surface area contributed by atoms with E-state index >= 15 is 0 Å². The topological polar surface area (TPSA) is 104 Å². The lowest BCUT2D eigenvalue weighted by atomic mass is 10.1. The number of nitrogens with zero attached hydrogens (tertiary/aromatic N) is 1. The first-order chi connectivity index (χ1) is 9.62. The van der Waals surface area contributed by atoms with Gasteiger partial charge in [-0.1, -0.05) is 28.4 Å². The molecule has 0 aliphatic rings. The van der Waals surface area contributed by atoms with Gasteiger partial charge in [0.1, 0.15) is 0 Å². The Morgan fingerprint density at radius 1 is 0.952 bits per heavy atom. The molecule has 2 N–H and O–H groups in total. The number of hydrogen-bond acceptors (Lipinski definition) is 5. The Morgan fingerprint density at radius 3 is 2.10 bits per heavy atom. The van der Waals surface area contributed by atoms with Gasteiger partial charge in [-0.05, 0) is 12.1 Å². The van der Waals surface area contributed by atoms with Crippen molar-refractivity contribution in [3.63, 3.8) is 0 Å². The van der Waals surface area contributed by atoms with Gasteiger partial charge in [-0.15, -0.1) is 0 Å². The molecule has 7 nitrogen and oxygen atoms in total. The van der Waals surface area contributed by atoms with Gasteiger partial charge in [0.15, 0.2) is 0 Å². The summed E-state index contributed by atoms with van der Waals surface area (Å²) in [7, 11) is -5.64. The highest BCUT2D eigenvalue weighted by Gasteiger charge is 2.23. The van der Waals surface area contributed by atoms with Gasteiger partial charge in [-0.2, -0.15) is 8.42 Å². The smallest absolute Gasteiger partial charge is 0.346 e. The zero-order chi connectivity index (χ0) is 15.8. The van der Waals surface area contributed by atoms with Crippen LogP contribution in [-0.2, 0) is 20.3 Å². The van der Waals surface area contributed by atoms with Crippen LogP contribution in [0.1, 0.15) is 0 Å². The molecule has 21 heavy (non-hydrogen) atoms. The Morgan fingerprint density at radius 2 is 1.52 bits per heavy atom. The molecule has 114 valence electrons. The number of nitrogens with one attached hydrogen (secondary N) is 1. The number of anilines is 1. The van der Waals surface area contributed by atoms with Crippen molar-refractivity contribution in [1.29, 1.82) is 0 Å². The molecule has 2 aromatic rings. The van der Waals surface area contributed by atoms with E-state index in [2.05, 4.69) is 0 Å². The van der Waals surface area contributed by atoms with Crippen LogP contribution in [0.3, 0.4) is 0 Å². The van der Waals surface area contributed by atoms with E-state index in [1.165, 1.54) is 16.3 Å². The molecule has 9 heteroatoms. The van der Waals surface area contributed by atoms with Gasteiger partial charge in [0, 0.05) is 30.6 Å². The highest BCUT2D eigenvalue weighted by molar-refractivity contribution is 8.02. The van der Waals surface area contributed by atoms with Crippen LogP contribution in [0.2, 0.25) is 0 Å². The van der Waals surface area contributed by atoms with E-state index in [9.17, 15) is 16.8 Å². The first-order valence-electron chi connectivity index (χ1n) is 5.82. The van der Waals surface area contributed by atoms with Gasteiger partial charge < -0.3 is 4.90 Å². The Kier molecular flexibility index (Phi) is 3.93. The molecule has 0 radical (unpaired) electrons. The normalized spacial score (nSPS) is 12.5. The third kappa shape index (κ3) is 3.32. The molecule has 0 unspecified atom stereocenters. The minimum Gasteiger partial charge on any atom is -0.377 e. The first kappa shape index (κ1) is 15.7. The summed E-state index contributed by atoms with van der Waals surface area (Å²) in [6.45, 7) is 0. The van der Waals surface area contributed by atoms with Crippen molar-refractivity contribution >= 4 is 36.8 Å². The van der Waals surface area contributed by atoms with Crippen LogP contribution in [0.5, 0.6) is 0 Å². The molecule has 0 spiro atoms. The maximum atomic E-state index is 12.1. The molecule has 0 fully saturated rings. The lowest BCUT2D eigenvalue weighted by Gasteiger charge is -2.16. The molecular weight excluding hydrogens is 316 g/mol. The number of sulfonamides is 1. The minimum absolute atomic E-state index is 0.221. The molecule has 0 amide bonds. The molecule has 0 saturated heterocycles. The molecule has 0 bridgehead atoms. The van der Waals surface area contributed by atoms with Gasteiger partial charge in [0.25, 0.3) is 10.0 Å². The average Bonchev–Trinajstić information content (AvgIpc) is 2.34. The Bertz CT molecular complexity index is 889. The van der Waals surface area contributed by atoms with Crippen molar-refractivity contribution in [2.24, 2.45) is 0 Å². The summed E-state index contributed by atoms with van der Waals surface area (Å²) in [5.74, 6) is 0. The summed E-state index contributed by atoms with van der Waals surface area (Å²) in [6, 6.07) is 9.57. The van der Waals surface area contributed by atoms with Crippen LogP contribution in [-0.4, -0.2) is 35.5 Å². The summed E-state index contributed by atoms with van der Waals surface area (Å²) in [4.78, 5) is 1.59. The molecule has 0 aliphatic carbocycles. The highest BCUT2D eigenvalue weighted by atomic mass is 32.3. The van der Waals surface area contributed by atoms with Crippen LogP contribution < -0.4 is 9.03 Å². The average molecular weight is 330 g/mol. The Labute approximate surface area is 123 Å². The molecular formula is C12H14N2O5S2. The van der Waals surface area contributed by atoms with E-state index in [-0.39, 0.29) is 4.90 Å². The number of benzene rings is 2. The standard InChI is InChI=1S/C12H14N2O5S2/c1-14(2)11-7-3-6-10-9(11)5-4-8-12(10)20(15,16)13-21(17,18)19/h3-8,13H,1-2H3,(H,17,18,19). The molecule has 0 aromatic heterocycles. The fourth-order valence-corrected chi connectivity index (χ4v) is 4.27. The molecule has 0 heterocycles. The lowest BCUT2D eigenvalue weighted by molar-refractivity contribution is 0.477. The summed E-state index contributed by atoms with van der Waals surface area (Å²) in [5.41, 5.74) is 0.788. The third-order valence-corrected chi connectivity index (χ3v) is 5.50. The van der Waals surface area contributed by atoms with E-state index in [1.807, 2.05) is 25.1 Å². The van der Waals surface area contributed by atoms with E-state index in [0.717, 1.165) is 5.69 Å². The molecule has 2 aromatic carbocycles. The quantitative estimate of drug-likeness (QED) is 0.810. The van der Waals surface area contributed by atoms with Crippen molar-refractivity contribution in [1.82, 2.24) is 4.13 Å². The van der Waals surface area contributed by atoms with E-state index in [0.29, 0.717) is 10.8 Å². The fraction of sp³-hybridized carbons (Fsp3) is 0.167. The predicted octanol–water partition coefficient (Wildman–Crippen LogP) is 0.987. The zero-order valence-corrected chi connectivity index (χ0v) is 12.9. The van der Waals surface area contributed by atoms with Gasteiger partial charge in [-0.25, -0.2) is 8.42 Å². The monoisotopic (exact) mass is 330 g/mol.